The molecule has 6 nitrogen and oxygen atoms in total. The number of H-pyrrole nitrogens is 1. The van der Waals surface area contributed by atoms with E-state index in [9.17, 15) is 4.79 Å². The fraction of sp³-hybridized carbons (Fsp3) is 0.105. The van der Waals surface area contributed by atoms with E-state index < -0.39 is 0 Å². The summed E-state index contributed by atoms with van der Waals surface area (Å²) in [6.45, 7) is 2.00. The van der Waals surface area contributed by atoms with Gasteiger partial charge in [0.25, 0.3) is 0 Å². The standard InChI is InChI=1S/C19H17N5O/c1-13(14-9-10-20-19(25)11-14)22-17-7-4-8-18(23-17)24-12-21-15-5-2-3-6-16(15)24/h2-13H,1H3,(H,20,25)(H,22,23). The van der Waals surface area contributed by atoms with Crippen LogP contribution in [0.5, 0.6) is 0 Å². The summed E-state index contributed by atoms with van der Waals surface area (Å²) in [6, 6.07) is 17.2. The van der Waals surface area contributed by atoms with Crippen LogP contribution in [0.2, 0.25) is 0 Å². The van der Waals surface area contributed by atoms with Crippen LogP contribution < -0.4 is 10.9 Å². The van der Waals surface area contributed by atoms with Crippen molar-refractivity contribution in [3.63, 3.8) is 0 Å². The highest BCUT2D eigenvalue weighted by atomic mass is 16.1. The van der Waals surface area contributed by atoms with Gasteiger partial charge >= 0.3 is 0 Å². The Morgan fingerprint density at radius 3 is 2.88 bits per heavy atom. The average Bonchev–Trinajstić information content (AvgIpc) is 3.06. The third-order valence-electron chi connectivity index (χ3n) is 4.10. The Morgan fingerprint density at radius 1 is 1.12 bits per heavy atom. The topological polar surface area (TPSA) is 75.6 Å². The summed E-state index contributed by atoms with van der Waals surface area (Å²) in [5.41, 5.74) is 2.73. The molecule has 0 spiro atoms. The van der Waals surface area contributed by atoms with Gasteiger partial charge in [0.1, 0.15) is 18.0 Å². The van der Waals surface area contributed by atoms with Crippen molar-refractivity contribution in [2.45, 2.75) is 13.0 Å². The molecule has 0 aliphatic heterocycles. The maximum absolute atomic E-state index is 11.5. The minimum absolute atomic E-state index is 0.0374. The molecule has 1 atom stereocenters. The molecule has 4 rings (SSSR count). The molecule has 0 aliphatic carbocycles. The Kier molecular flexibility index (Phi) is 3.78. The highest BCUT2D eigenvalue weighted by Gasteiger charge is 2.09. The van der Waals surface area contributed by atoms with Crippen LogP contribution >= 0.6 is 0 Å². The summed E-state index contributed by atoms with van der Waals surface area (Å²) in [5, 5.41) is 3.34. The van der Waals surface area contributed by atoms with E-state index in [-0.39, 0.29) is 11.6 Å². The van der Waals surface area contributed by atoms with Crippen LogP contribution in [0.25, 0.3) is 16.9 Å². The molecule has 0 bridgehead atoms. The molecule has 0 saturated carbocycles. The van der Waals surface area contributed by atoms with Gasteiger partial charge in [0.15, 0.2) is 0 Å². The van der Waals surface area contributed by atoms with Crippen molar-refractivity contribution in [3.05, 3.63) is 83.0 Å². The van der Waals surface area contributed by atoms with Gasteiger partial charge in [-0.15, -0.1) is 0 Å². The van der Waals surface area contributed by atoms with Crippen molar-refractivity contribution in [1.29, 1.82) is 0 Å². The first-order valence-corrected chi connectivity index (χ1v) is 8.05. The molecule has 3 heterocycles. The molecule has 0 fully saturated rings. The molecule has 25 heavy (non-hydrogen) atoms. The summed E-state index contributed by atoms with van der Waals surface area (Å²) in [4.78, 5) is 23.2. The lowest BCUT2D eigenvalue weighted by Crippen LogP contribution is -2.12. The number of pyridine rings is 2. The molecule has 124 valence electrons. The lowest BCUT2D eigenvalue weighted by Gasteiger charge is -2.15. The zero-order valence-corrected chi connectivity index (χ0v) is 13.7. The summed E-state index contributed by atoms with van der Waals surface area (Å²) >= 11 is 0. The van der Waals surface area contributed by atoms with Gasteiger partial charge in [-0.05, 0) is 42.8 Å². The van der Waals surface area contributed by atoms with Gasteiger partial charge in [-0.25, -0.2) is 9.97 Å². The van der Waals surface area contributed by atoms with E-state index >= 15 is 0 Å². The lowest BCUT2D eigenvalue weighted by atomic mass is 10.1. The van der Waals surface area contributed by atoms with Crippen LogP contribution in [0.15, 0.2) is 71.9 Å². The van der Waals surface area contributed by atoms with Crippen molar-refractivity contribution in [3.8, 4) is 5.82 Å². The molecule has 0 amide bonds. The maximum Gasteiger partial charge on any atom is 0.248 e. The smallest absolute Gasteiger partial charge is 0.248 e. The van der Waals surface area contributed by atoms with Crippen LogP contribution in [0.3, 0.4) is 0 Å². The second-order valence-corrected chi connectivity index (χ2v) is 5.84. The Bertz CT molecular complexity index is 1080. The third kappa shape index (κ3) is 3.01. The number of rotatable bonds is 4. The number of nitrogens with one attached hydrogen (secondary N) is 2. The van der Waals surface area contributed by atoms with E-state index in [2.05, 4.69) is 20.3 Å². The van der Waals surface area contributed by atoms with Crippen LogP contribution in [-0.2, 0) is 0 Å². The minimum Gasteiger partial charge on any atom is -0.363 e. The maximum atomic E-state index is 11.5. The van der Waals surface area contributed by atoms with Gasteiger partial charge in [-0.1, -0.05) is 18.2 Å². The fourth-order valence-electron chi connectivity index (χ4n) is 2.82. The Balaban J connectivity index is 1.64. The number of imidazole rings is 1. The first kappa shape index (κ1) is 15.1. The average molecular weight is 331 g/mol. The van der Waals surface area contributed by atoms with Gasteiger partial charge in [0.2, 0.25) is 5.56 Å². The number of aromatic amines is 1. The second-order valence-electron chi connectivity index (χ2n) is 5.84. The fourth-order valence-corrected chi connectivity index (χ4v) is 2.82. The van der Waals surface area contributed by atoms with E-state index in [0.29, 0.717) is 0 Å². The predicted octanol–water partition coefficient (Wildman–Crippen LogP) is 3.28. The summed E-state index contributed by atoms with van der Waals surface area (Å²) in [7, 11) is 0. The number of nitrogens with zero attached hydrogens (tertiary/aromatic N) is 3. The summed E-state index contributed by atoms with van der Waals surface area (Å²) in [5.74, 6) is 1.53. The SMILES string of the molecule is CC(Nc1cccc(-n2cnc3ccccc32)n1)c1cc[nH]c(=O)c1. The lowest BCUT2D eigenvalue weighted by molar-refractivity contribution is 0.864. The van der Waals surface area contributed by atoms with Crippen LogP contribution in [0, 0.1) is 0 Å². The minimum atomic E-state index is -0.113. The van der Waals surface area contributed by atoms with Crippen LogP contribution in [0.4, 0.5) is 5.82 Å². The number of benzene rings is 1. The Hall–Kier alpha value is -3.41. The van der Waals surface area contributed by atoms with Crippen molar-refractivity contribution >= 4 is 16.9 Å². The summed E-state index contributed by atoms with van der Waals surface area (Å²) in [6.07, 6.45) is 3.42. The first-order chi connectivity index (χ1) is 12.2. The first-order valence-electron chi connectivity index (χ1n) is 8.05. The third-order valence-corrected chi connectivity index (χ3v) is 4.10. The molecule has 1 aromatic carbocycles. The molecular formula is C19H17N5O. The number of aromatic nitrogens is 4. The van der Waals surface area contributed by atoms with E-state index in [1.807, 2.05) is 60.0 Å². The van der Waals surface area contributed by atoms with Crippen LogP contribution in [0.1, 0.15) is 18.5 Å². The molecule has 2 N–H and O–H groups in total. The van der Waals surface area contributed by atoms with Gasteiger partial charge in [0, 0.05) is 12.3 Å². The number of anilines is 1. The zero-order valence-electron chi connectivity index (χ0n) is 13.7. The van der Waals surface area contributed by atoms with Crippen molar-refractivity contribution < 1.29 is 0 Å². The molecule has 6 heteroatoms. The molecular weight excluding hydrogens is 314 g/mol. The molecule has 4 aromatic rings. The number of hydrogen-bond acceptors (Lipinski definition) is 4. The Morgan fingerprint density at radius 2 is 2.00 bits per heavy atom. The molecule has 0 aliphatic rings. The number of fused-ring (bicyclic) bond motifs is 1. The van der Waals surface area contributed by atoms with E-state index in [0.717, 1.165) is 28.2 Å². The van der Waals surface area contributed by atoms with Crippen molar-refractivity contribution in [2.75, 3.05) is 5.32 Å². The van der Waals surface area contributed by atoms with E-state index in [1.165, 1.54) is 0 Å². The predicted molar refractivity (Wildman–Crippen MR) is 98.0 cm³/mol. The van der Waals surface area contributed by atoms with E-state index in [4.69, 9.17) is 0 Å². The molecule has 1 unspecified atom stereocenters. The van der Waals surface area contributed by atoms with Gasteiger partial charge in [-0.3, -0.25) is 9.36 Å². The number of hydrogen-bond donors (Lipinski definition) is 2. The van der Waals surface area contributed by atoms with Crippen molar-refractivity contribution in [2.24, 2.45) is 0 Å². The van der Waals surface area contributed by atoms with Crippen LogP contribution in [-0.4, -0.2) is 19.5 Å². The molecule has 3 aromatic heterocycles. The largest absolute Gasteiger partial charge is 0.363 e. The van der Waals surface area contributed by atoms with Gasteiger partial charge in [0.05, 0.1) is 17.1 Å². The second kappa shape index (κ2) is 6.24. The quantitative estimate of drug-likeness (QED) is 0.602. The molecule has 0 saturated heterocycles. The highest BCUT2D eigenvalue weighted by Crippen LogP contribution is 2.20. The van der Waals surface area contributed by atoms with Crippen molar-refractivity contribution in [1.82, 2.24) is 19.5 Å². The zero-order chi connectivity index (χ0) is 17.2. The highest BCUT2D eigenvalue weighted by molar-refractivity contribution is 5.76. The number of para-hydroxylation sites is 2. The van der Waals surface area contributed by atoms with Gasteiger partial charge < -0.3 is 10.3 Å². The summed E-state index contributed by atoms with van der Waals surface area (Å²) < 4.78 is 1.96. The normalized spacial score (nSPS) is 12.2. The monoisotopic (exact) mass is 331 g/mol. The Labute approximate surface area is 144 Å². The van der Waals surface area contributed by atoms with E-state index in [1.54, 1.807) is 18.6 Å². The molecule has 0 radical (unpaired) electrons. The van der Waals surface area contributed by atoms with Gasteiger partial charge in [-0.2, -0.15) is 0 Å².